The van der Waals surface area contributed by atoms with Crippen LogP contribution in [0, 0.1) is 17.0 Å². The monoisotopic (exact) mass is 276 g/mol. The van der Waals surface area contributed by atoms with Crippen molar-refractivity contribution in [2.75, 3.05) is 6.54 Å². The van der Waals surface area contributed by atoms with Crippen LogP contribution in [0.2, 0.25) is 0 Å². The number of nitrogens with zero attached hydrogens (tertiary/aromatic N) is 3. The van der Waals surface area contributed by atoms with Gasteiger partial charge in [-0.1, -0.05) is 13.0 Å². The fourth-order valence-corrected chi connectivity index (χ4v) is 1.79. The number of hydrogen-bond donors (Lipinski definition) is 1. The molecule has 0 aliphatic heterocycles. The Labute approximate surface area is 116 Å². The van der Waals surface area contributed by atoms with Gasteiger partial charge in [0.05, 0.1) is 11.5 Å². The van der Waals surface area contributed by atoms with Gasteiger partial charge in [-0.15, -0.1) is 10.2 Å². The smallest absolute Gasteiger partial charge is 0.282 e. The Morgan fingerprint density at radius 2 is 2.20 bits per heavy atom. The molecule has 0 fully saturated rings. The fraction of sp³-hybridized carbons (Fsp3) is 0.385. The van der Waals surface area contributed by atoms with E-state index in [1.807, 2.05) is 6.92 Å². The molecular weight excluding hydrogens is 260 g/mol. The largest absolute Gasteiger partial charge is 0.419 e. The second-order valence-corrected chi connectivity index (χ2v) is 4.46. The van der Waals surface area contributed by atoms with Crippen molar-refractivity contribution in [3.05, 3.63) is 39.8 Å². The van der Waals surface area contributed by atoms with Gasteiger partial charge in [0.15, 0.2) is 0 Å². The van der Waals surface area contributed by atoms with Crippen molar-refractivity contribution >= 4 is 5.69 Å². The highest BCUT2D eigenvalue weighted by Crippen LogP contribution is 2.29. The minimum Gasteiger partial charge on any atom is -0.419 e. The quantitative estimate of drug-likeness (QED) is 0.494. The molecule has 0 unspecified atom stereocenters. The maximum absolute atomic E-state index is 11.0. The molecule has 2 rings (SSSR count). The number of hydrogen-bond acceptors (Lipinski definition) is 6. The van der Waals surface area contributed by atoms with E-state index in [4.69, 9.17) is 4.42 Å². The van der Waals surface area contributed by atoms with Crippen LogP contribution in [0.4, 0.5) is 5.69 Å². The van der Waals surface area contributed by atoms with E-state index in [0.717, 1.165) is 18.5 Å². The summed E-state index contributed by atoms with van der Waals surface area (Å²) in [6.07, 6.45) is 1.00. The number of aryl methyl sites for hydroxylation is 1. The van der Waals surface area contributed by atoms with E-state index in [1.165, 1.54) is 6.07 Å². The molecule has 1 aromatic carbocycles. The summed E-state index contributed by atoms with van der Waals surface area (Å²) in [7, 11) is 0. The normalized spacial score (nSPS) is 10.7. The molecule has 0 saturated heterocycles. The van der Waals surface area contributed by atoms with E-state index < -0.39 is 4.92 Å². The molecule has 106 valence electrons. The molecule has 0 aliphatic carbocycles. The second-order valence-electron chi connectivity index (χ2n) is 4.46. The van der Waals surface area contributed by atoms with E-state index >= 15 is 0 Å². The minimum atomic E-state index is -0.450. The first-order chi connectivity index (χ1) is 9.61. The number of nitrogens with one attached hydrogen (secondary N) is 1. The maximum Gasteiger partial charge on any atom is 0.282 e. The summed E-state index contributed by atoms with van der Waals surface area (Å²) in [5, 5.41) is 21.9. The van der Waals surface area contributed by atoms with Crippen LogP contribution in [-0.4, -0.2) is 21.7 Å². The zero-order valence-electron chi connectivity index (χ0n) is 11.4. The molecule has 0 radical (unpaired) electrons. The van der Waals surface area contributed by atoms with Crippen molar-refractivity contribution in [1.82, 2.24) is 15.5 Å². The number of rotatable bonds is 6. The van der Waals surface area contributed by atoms with Crippen LogP contribution in [0.1, 0.15) is 24.8 Å². The van der Waals surface area contributed by atoms with Crippen LogP contribution < -0.4 is 5.32 Å². The van der Waals surface area contributed by atoms with Crippen molar-refractivity contribution in [3.63, 3.8) is 0 Å². The highest BCUT2D eigenvalue weighted by Gasteiger charge is 2.20. The van der Waals surface area contributed by atoms with Crippen LogP contribution in [0.5, 0.6) is 0 Å². The lowest BCUT2D eigenvalue weighted by molar-refractivity contribution is -0.384. The molecule has 20 heavy (non-hydrogen) atoms. The van der Waals surface area contributed by atoms with E-state index in [9.17, 15) is 10.1 Å². The molecule has 0 bridgehead atoms. The van der Waals surface area contributed by atoms with Gasteiger partial charge in [-0.25, -0.2) is 0 Å². The lowest BCUT2D eigenvalue weighted by Crippen LogP contribution is -2.13. The van der Waals surface area contributed by atoms with Gasteiger partial charge in [-0.2, -0.15) is 0 Å². The summed E-state index contributed by atoms with van der Waals surface area (Å²) in [5.41, 5.74) is 1.21. The van der Waals surface area contributed by atoms with Crippen LogP contribution in [0.3, 0.4) is 0 Å². The second kappa shape index (κ2) is 6.25. The summed E-state index contributed by atoms with van der Waals surface area (Å²) < 4.78 is 5.47. The third kappa shape index (κ3) is 3.18. The molecule has 1 N–H and O–H groups in total. The maximum atomic E-state index is 11.0. The predicted octanol–water partition coefficient (Wildman–Crippen LogP) is 2.45. The highest BCUT2D eigenvalue weighted by atomic mass is 16.6. The summed E-state index contributed by atoms with van der Waals surface area (Å²) in [4.78, 5) is 10.6. The number of nitro benzene ring substituents is 1. The van der Waals surface area contributed by atoms with Gasteiger partial charge < -0.3 is 9.73 Å². The van der Waals surface area contributed by atoms with Crippen molar-refractivity contribution < 1.29 is 9.34 Å². The van der Waals surface area contributed by atoms with Gasteiger partial charge >= 0.3 is 0 Å². The Morgan fingerprint density at radius 3 is 2.90 bits per heavy atom. The third-order valence-electron chi connectivity index (χ3n) is 2.75. The Morgan fingerprint density at radius 1 is 1.40 bits per heavy atom. The molecule has 0 saturated carbocycles. The average Bonchev–Trinajstić information content (AvgIpc) is 2.87. The van der Waals surface area contributed by atoms with Crippen molar-refractivity contribution in [1.29, 1.82) is 0 Å². The molecule has 7 heteroatoms. The van der Waals surface area contributed by atoms with E-state index in [-0.39, 0.29) is 11.6 Å². The molecule has 0 aliphatic rings. The lowest BCUT2D eigenvalue weighted by Gasteiger charge is -2.00. The Balaban J connectivity index is 2.27. The zero-order chi connectivity index (χ0) is 14.5. The summed E-state index contributed by atoms with van der Waals surface area (Å²) in [6, 6.07) is 4.81. The summed E-state index contributed by atoms with van der Waals surface area (Å²) in [6.45, 7) is 5.22. The van der Waals surface area contributed by atoms with Gasteiger partial charge in [-0.05, 0) is 31.5 Å². The zero-order valence-corrected chi connectivity index (χ0v) is 11.4. The molecule has 0 spiro atoms. The predicted molar refractivity (Wildman–Crippen MR) is 73.1 cm³/mol. The first kappa shape index (κ1) is 14.1. The van der Waals surface area contributed by atoms with Crippen molar-refractivity contribution in [3.8, 4) is 11.5 Å². The van der Waals surface area contributed by atoms with E-state index in [2.05, 4.69) is 22.4 Å². The number of aromatic nitrogens is 2. The Bertz CT molecular complexity index is 609. The van der Waals surface area contributed by atoms with Gasteiger partial charge in [0, 0.05) is 6.07 Å². The van der Waals surface area contributed by atoms with E-state index in [1.54, 1.807) is 12.1 Å². The number of benzene rings is 1. The van der Waals surface area contributed by atoms with Crippen LogP contribution in [0.15, 0.2) is 22.6 Å². The molecule has 7 nitrogen and oxygen atoms in total. The number of nitro groups is 1. The molecule has 1 heterocycles. The molecule has 0 amide bonds. The standard InChI is InChI=1S/C13H16N4O3/c1-3-6-14-8-12-15-16-13(20-12)10-7-9(2)4-5-11(10)17(18)19/h4-5,7,14H,3,6,8H2,1-2H3. The van der Waals surface area contributed by atoms with Gasteiger partial charge in [0.1, 0.15) is 5.56 Å². The van der Waals surface area contributed by atoms with Gasteiger partial charge in [0.2, 0.25) is 5.89 Å². The first-order valence-electron chi connectivity index (χ1n) is 6.40. The third-order valence-corrected chi connectivity index (χ3v) is 2.75. The summed E-state index contributed by atoms with van der Waals surface area (Å²) in [5.74, 6) is 0.595. The van der Waals surface area contributed by atoms with Crippen LogP contribution in [0.25, 0.3) is 11.5 Å². The molecule has 1 aromatic heterocycles. The Kier molecular flexibility index (Phi) is 4.41. The van der Waals surface area contributed by atoms with Crippen LogP contribution >= 0.6 is 0 Å². The summed E-state index contributed by atoms with van der Waals surface area (Å²) >= 11 is 0. The van der Waals surface area contributed by atoms with Gasteiger partial charge in [-0.3, -0.25) is 10.1 Å². The average molecular weight is 276 g/mol. The molecule has 0 atom stereocenters. The lowest BCUT2D eigenvalue weighted by atomic mass is 10.1. The first-order valence-corrected chi connectivity index (χ1v) is 6.40. The fourth-order valence-electron chi connectivity index (χ4n) is 1.79. The topological polar surface area (TPSA) is 94.1 Å². The molecular formula is C13H16N4O3. The van der Waals surface area contributed by atoms with Gasteiger partial charge in [0.25, 0.3) is 11.6 Å². The van der Waals surface area contributed by atoms with Crippen LogP contribution in [-0.2, 0) is 6.54 Å². The van der Waals surface area contributed by atoms with Crippen molar-refractivity contribution in [2.24, 2.45) is 0 Å². The SMILES string of the molecule is CCCNCc1nnc(-c2cc(C)ccc2[N+](=O)[O-])o1. The van der Waals surface area contributed by atoms with E-state index in [0.29, 0.717) is 18.0 Å². The Hall–Kier alpha value is -2.28. The van der Waals surface area contributed by atoms with Crippen molar-refractivity contribution in [2.45, 2.75) is 26.8 Å². The molecule has 2 aromatic rings. The highest BCUT2D eigenvalue weighted by molar-refractivity contribution is 5.67. The minimum absolute atomic E-state index is 0.0349.